The number of carbonyl (C=O) groups excluding carboxylic acids is 1. The molecule has 0 spiro atoms. The largest absolute Gasteiger partial charge is 0.490 e. The molecular weight excluding hydrogens is 380 g/mol. The van der Waals surface area contributed by atoms with E-state index in [4.69, 9.17) is 9.47 Å². The predicted molar refractivity (Wildman–Crippen MR) is 108 cm³/mol. The summed E-state index contributed by atoms with van der Waals surface area (Å²) in [6, 6.07) is 11.1. The summed E-state index contributed by atoms with van der Waals surface area (Å²) < 4.78 is 39.3. The van der Waals surface area contributed by atoms with Crippen LogP contribution in [0.2, 0.25) is 0 Å². The fourth-order valence-electron chi connectivity index (χ4n) is 2.66. The number of sulfonamides is 1. The molecule has 0 aliphatic carbocycles. The minimum atomic E-state index is -3.79. The van der Waals surface area contributed by atoms with Crippen LogP contribution in [0.15, 0.2) is 47.4 Å². The van der Waals surface area contributed by atoms with Crippen molar-refractivity contribution >= 4 is 21.6 Å². The molecule has 7 nitrogen and oxygen atoms in total. The molecule has 1 amide bonds. The minimum Gasteiger partial charge on any atom is -0.490 e. The summed E-state index contributed by atoms with van der Waals surface area (Å²) in [7, 11) is -3.79. The molecule has 2 N–H and O–H groups in total. The maximum atomic E-state index is 12.8. The van der Waals surface area contributed by atoms with E-state index < -0.39 is 16.1 Å². The first-order valence-electron chi connectivity index (χ1n) is 9.06. The topological polar surface area (TPSA) is 93.7 Å². The van der Waals surface area contributed by atoms with Gasteiger partial charge < -0.3 is 14.8 Å². The average Bonchev–Trinajstić information content (AvgIpc) is 2.63. The zero-order valence-electron chi connectivity index (χ0n) is 16.5. The highest BCUT2D eigenvalue weighted by Crippen LogP contribution is 2.31. The van der Waals surface area contributed by atoms with Gasteiger partial charge in [-0.3, -0.25) is 4.79 Å². The van der Waals surface area contributed by atoms with Gasteiger partial charge in [-0.25, -0.2) is 13.1 Å². The second-order valence-electron chi connectivity index (χ2n) is 6.12. The lowest BCUT2D eigenvalue weighted by molar-refractivity contribution is -0.114. The molecule has 0 bridgehead atoms. The molecule has 2 rings (SSSR count). The van der Waals surface area contributed by atoms with Crippen molar-refractivity contribution in [2.75, 3.05) is 18.5 Å². The first kappa shape index (κ1) is 21.7. The lowest BCUT2D eigenvalue weighted by Gasteiger charge is -2.17. The van der Waals surface area contributed by atoms with Gasteiger partial charge in [0.1, 0.15) is 0 Å². The van der Waals surface area contributed by atoms with Gasteiger partial charge in [0.25, 0.3) is 0 Å². The first-order chi connectivity index (χ1) is 13.3. The quantitative estimate of drug-likeness (QED) is 0.665. The molecule has 8 heteroatoms. The third-order valence-corrected chi connectivity index (χ3v) is 5.40. The molecule has 2 aromatic rings. The highest BCUT2D eigenvalue weighted by molar-refractivity contribution is 7.89. The van der Waals surface area contributed by atoms with Crippen LogP contribution in [-0.2, 0) is 14.8 Å². The highest BCUT2D eigenvalue weighted by atomic mass is 32.2. The Bertz CT molecular complexity index is 928. The van der Waals surface area contributed by atoms with Gasteiger partial charge in [0, 0.05) is 24.7 Å². The molecule has 0 saturated carbocycles. The molecule has 1 atom stereocenters. The zero-order valence-corrected chi connectivity index (χ0v) is 17.3. The van der Waals surface area contributed by atoms with Gasteiger partial charge in [-0.05, 0) is 50.6 Å². The van der Waals surface area contributed by atoms with Crippen molar-refractivity contribution in [2.24, 2.45) is 0 Å². The molecule has 28 heavy (non-hydrogen) atoms. The van der Waals surface area contributed by atoms with Crippen molar-refractivity contribution in [3.8, 4) is 11.5 Å². The van der Waals surface area contributed by atoms with Gasteiger partial charge in [-0.1, -0.05) is 12.1 Å². The Morgan fingerprint density at radius 1 is 1.04 bits per heavy atom. The standard InChI is InChI=1S/C20H26N2O5S/c1-5-26-19-11-10-18(13-20(19)27-6-2)28(24,25)22-14(3)16-8-7-9-17(12-16)21-15(4)23/h7-14,22H,5-6H2,1-4H3,(H,21,23). The van der Waals surface area contributed by atoms with Crippen molar-refractivity contribution < 1.29 is 22.7 Å². The van der Waals surface area contributed by atoms with E-state index in [-0.39, 0.29) is 10.8 Å². The summed E-state index contributed by atoms with van der Waals surface area (Å²) >= 11 is 0. The molecular formula is C20H26N2O5S. The van der Waals surface area contributed by atoms with Gasteiger partial charge in [0.15, 0.2) is 11.5 Å². The number of carbonyl (C=O) groups is 1. The van der Waals surface area contributed by atoms with Crippen LogP contribution in [0, 0.1) is 0 Å². The molecule has 0 aliphatic rings. The maximum absolute atomic E-state index is 12.8. The molecule has 0 radical (unpaired) electrons. The second kappa shape index (κ2) is 9.57. The number of hydrogen-bond acceptors (Lipinski definition) is 5. The molecule has 0 aliphatic heterocycles. The number of anilines is 1. The summed E-state index contributed by atoms with van der Waals surface area (Å²) in [5.74, 6) is 0.690. The lowest BCUT2D eigenvalue weighted by atomic mass is 10.1. The van der Waals surface area contributed by atoms with Crippen LogP contribution >= 0.6 is 0 Å². The van der Waals surface area contributed by atoms with Gasteiger partial charge >= 0.3 is 0 Å². The van der Waals surface area contributed by atoms with Gasteiger partial charge in [0.05, 0.1) is 18.1 Å². The van der Waals surface area contributed by atoms with E-state index in [0.717, 1.165) is 5.56 Å². The Hall–Kier alpha value is -2.58. The maximum Gasteiger partial charge on any atom is 0.241 e. The number of benzene rings is 2. The van der Waals surface area contributed by atoms with Crippen LogP contribution in [0.3, 0.4) is 0 Å². The summed E-state index contributed by atoms with van der Waals surface area (Å²) in [4.78, 5) is 11.3. The molecule has 0 heterocycles. The summed E-state index contributed by atoms with van der Waals surface area (Å²) in [6.45, 7) is 7.66. The predicted octanol–water partition coefficient (Wildman–Crippen LogP) is 3.48. The van der Waals surface area contributed by atoms with Crippen LogP contribution in [0.4, 0.5) is 5.69 Å². The van der Waals surface area contributed by atoms with E-state index in [1.54, 1.807) is 37.3 Å². The van der Waals surface area contributed by atoms with Crippen LogP contribution in [-0.4, -0.2) is 27.5 Å². The second-order valence-corrected chi connectivity index (χ2v) is 7.84. The smallest absolute Gasteiger partial charge is 0.241 e. The fourth-order valence-corrected chi connectivity index (χ4v) is 3.90. The van der Waals surface area contributed by atoms with E-state index in [1.165, 1.54) is 19.1 Å². The highest BCUT2D eigenvalue weighted by Gasteiger charge is 2.21. The first-order valence-corrected chi connectivity index (χ1v) is 10.5. The fraction of sp³-hybridized carbons (Fsp3) is 0.350. The summed E-state index contributed by atoms with van der Waals surface area (Å²) in [5, 5.41) is 2.69. The minimum absolute atomic E-state index is 0.0873. The molecule has 1 unspecified atom stereocenters. The molecule has 152 valence electrons. The van der Waals surface area contributed by atoms with Crippen LogP contribution in [0.5, 0.6) is 11.5 Å². The van der Waals surface area contributed by atoms with Crippen LogP contribution in [0.25, 0.3) is 0 Å². The average molecular weight is 407 g/mol. The Balaban J connectivity index is 2.25. The number of amides is 1. The lowest BCUT2D eigenvalue weighted by Crippen LogP contribution is -2.27. The molecule has 0 aromatic heterocycles. The Morgan fingerprint density at radius 2 is 1.71 bits per heavy atom. The summed E-state index contributed by atoms with van der Waals surface area (Å²) in [6.07, 6.45) is 0. The van der Waals surface area contributed by atoms with Crippen molar-refractivity contribution in [3.63, 3.8) is 0 Å². The van der Waals surface area contributed by atoms with Crippen LogP contribution in [0.1, 0.15) is 39.3 Å². The SMILES string of the molecule is CCOc1ccc(S(=O)(=O)NC(C)c2cccc(NC(C)=O)c2)cc1OCC. The molecule has 0 saturated heterocycles. The van der Waals surface area contributed by atoms with Crippen LogP contribution < -0.4 is 19.5 Å². The number of hydrogen-bond donors (Lipinski definition) is 2. The third kappa shape index (κ3) is 5.71. The molecule has 2 aromatic carbocycles. The van der Waals surface area contributed by atoms with Crippen molar-refractivity contribution in [3.05, 3.63) is 48.0 Å². The zero-order chi connectivity index (χ0) is 20.7. The van der Waals surface area contributed by atoms with E-state index >= 15 is 0 Å². The number of ether oxygens (including phenoxy) is 2. The third-order valence-electron chi connectivity index (χ3n) is 3.86. The van der Waals surface area contributed by atoms with Crippen molar-refractivity contribution in [1.29, 1.82) is 0 Å². The Kier molecular flexibility index (Phi) is 7.42. The Labute approximate surface area is 166 Å². The van der Waals surface area contributed by atoms with Crippen molar-refractivity contribution in [1.82, 2.24) is 4.72 Å². The number of rotatable bonds is 9. The van der Waals surface area contributed by atoms with Crippen molar-refractivity contribution in [2.45, 2.75) is 38.6 Å². The van der Waals surface area contributed by atoms with E-state index in [2.05, 4.69) is 10.0 Å². The van der Waals surface area contributed by atoms with Gasteiger partial charge in [-0.2, -0.15) is 0 Å². The summed E-state index contributed by atoms with van der Waals surface area (Å²) in [5.41, 5.74) is 1.33. The van der Waals surface area contributed by atoms with E-state index in [1.807, 2.05) is 13.8 Å². The van der Waals surface area contributed by atoms with E-state index in [0.29, 0.717) is 30.4 Å². The number of nitrogens with one attached hydrogen (secondary N) is 2. The van der Waals surface area contributed by atoms with E-state index in [9.17, 15) is 13.2 Å². The Morgan fingerprint density at radius 3 is 2.36 bits per heavy atom. The van der Waals surface area contributed by atoms with Gasteiger partial charge in [-0.15, -0.1) is 0 Å². The van der Waals surface area contributed by atoms with Gasteiger partial charge in [0.2, 0.25) is 15.9 Å². The monoisotopic (exact) mass is 406 g/mol. The normalized spacial score (nSPS) is 12.3. The molecule has 0 fully saturated rings.